The molecule has 0 unspecified atom stereocenters. The smallest absolute Gasteiger partial charge is 0.169 e. The van der Waals surface area contributed by atoms with Gasteiger partial charge in [0.15, 0.2) is 11.6 Å². The van der Waals surface area contributed by atoms with E-state index in [-0.39, 0.29) is 0 Å². The Hall–Kier alpha value is -1.85. The lowest BCUT2D eigenvalue weighted by atomic mass is 10.0. The molecule has 1 fully saturated rings. The molecule has 0 amide bonds. The minimum absolute atomic E-state index is 0.413. The molecular formula is C14H17N3O2. The second kappa shape index (κ2) is 5.42. The first kappa shape index (κ1) is 12.2. The first-order valence-electron chi connectivity index (χ1n) is 6.43. The Kier molecular flexibility index (Phi) is 3.48. The fourth-order valence-corrected chi connectivity index (χ4v) is 2.31. The summed E-state index contributed by atoms with van der Waals surface area (Å²) in [6.45, 7) is 4.43. The van der Waals surface area contributed by atoms with Crippen LogP contribution in [0.15, 0.2) is 34.9 Å². The molecule has 1 saturated heterocycles. The van der Waals surface area contributed by atoms with Crippen molar-refractivity contribution in [3.8, 4) is 11.3 Å². The zero-order valence-corrected chi connectivity index (χ0v) is 10.7. The van der Waals surface area contributed by atoms with E-state index in [4.69, 9.17) is 15.0 Å². The summed E-state index contributed by atoms with van der Waals surface area (Å²) >= 11 is 0. The van der Waals surface area contributed by atoms with E-state index in [2.05, 4.69) is 16.1 Å². The topological polar surface area (TPSA) is 64.5 Å². The quantitative estimate of drug-likeness (QED) is 0.909. The van der Waals surface area contributed by atoms with Gasteiger partial charge in [-0.1, -0.05) is 29.4 Å². The van der Waals surface area contributed by atoms with Gasteiger partial charge in [-0.15, -0.1) is 0 Å². The fourth-order valence-electron chi connectivity index (χ4n) is 2.31. The number of morpholine rings is 1. The highest BCUT2D eigenvalue weighted by molar-refractivity contribution is 5.64. The Labute approximate surface area is 111 Å². The molecule has 1 aliphatic rings. The first-order valence-corrected chi connectivity index (χ1v) is 6.43. The second-order valence-electron chi connectivity index (χ2n) is 4.66. The van der Waals surface area contributed by atoms with E-state index in [0.717, 1.165) is 44.2 Å². The third kappa shape index (κ3) is 2.77. The second-order valence-corrected chi connectivity index (χ2v) is 4.66. The summed E-state index contributed by atoms with van der Waals surface area (Å²) in [5, 5.41) is 3.75. The monoisotopic (exact) mass is 259 g/mol. The van der Waals surface area contributed by atoms with Crippen LogP contribution in [0.25, 0.3) is 11.3 Å². The maximum atomic E-state index is 5.62. The maximum Gasteiger partial charge on any atom is 0.169 e. The molecule has 5 heteroatoms. The van der Waals surface area contributed by atoms with Crippen molar-refractivity contribution in [3.05, 3.63) is 35.9 Å². The Morgan fingerprint density at radius 3 is 2.74 bits per heavy atom. The summed E-state index contributed by atoms with van der Waals surface area (Å²) < 4.78 is 10.6. The molecule has 0 bridgehead atoms. The molecule has 0 aliphatic carbocycles. The van der Waals surface area contributed by atoms with Crippen LogP contribution in [0.1, 0.15) is 5.56 Å². The van der Waals surface area contributed by atoms with Crippen LogP contribution in [-0.4, -0.2) is 36.4 Å². The van der Waals surface area contributed by atoms with Crippen molar-refractivity contribution in [3.63, 3.8) is 0 Å². The first-order chi connectivity index (χ1) is 9.33. The minimum Gasteiger partial charge on any atom is -0.381 e. The van der Waals surface area contributed by atoms with Gasteiger partial charge in [-0.3, -0.25) is 4.90 Å². The van der Waals surface area contributed by atoms with Crippen molar-refractivity contribution >= 4 is 5.82 Å². The third-order valence-corrected chi connectivity index (χ3v) is 3.31. The van der Waals surface area contributed by atoms with Crippen molar-refractivity contribution in [1.29, 1.82) is 0 Å². The Morgan fingerprint density at radius 1 is 1.21 bits per heavy atom. The summed E-state index contributed by atoms with van der Waals surface area (Å²) in [5.41, 5.74) is 7.90. The van der Waals surface area contributed by atoms with Gasteiger partial charge < -0.3 is 15.0 Å². The van der Waals surface area contributed by atoms with Crippen LogP contribution in [-0.2, 0) is 11.3 Å². The molecule has 5 nitrogen and oxygen atoms in total. The van der Waals surface area contributed by atoms with Gasteiger partial charge in [0.25, 0.3) is 0 Å². The van der Waals surface area contributed by atoms with Gasteiger partial charge in [0.2, 0.25) is 0 Å². The highest BCUT2D eigenvalue weighted by Gasteiger charge is 2.15. The molecule has 2 N–H and O–H groups in total. The van der Waals surface area contributed by atoms with Crippen molar-refractivity contribution in [2.24, 2.45) is 0 Å². The van der Waals surface area contributed by atoms with E-state index in [9.17, 15) is 0 Å². The van der Waals surface area contributed by atoms with Crippen LogP contribution < -0.4 is 5.73 Å². The van der Waals surface area contributed by atoms with Gasteiger partial charge in [0, 0.05) is 31.3 Å². The number of nitrogen functional groups attached to an aromatic ring is 1. The van der Waals surface area contributed by atoms with Gasteiger partial charge in [-0.2, -0.15) is 0 Å². The van der Waals surface area contributed by atoms with Crippen molar-refractivity contribution in [1.82, 2.24) is 10.1 Å². The molecule has 0 radical (unpaired) electrons. The lowest BCUT2D eigenvalue weighted by Gasteiger charge is -2.27. The molecule has 2 heterocycles. The molecule has 3 rings (SSSR count). The number of hydrogen-bond donors (Lipinski definition) is 1. The molecule has 1 aliphatic heterocycles. The SMILES string of the molecule is Nc1cc(-c2ccccc2CN2CCOCC2)on1. The molecular weight excluding hydrogens is 242 g/mol. The highest BCUT2D eigenvalue weighted by Crippen LogP contribution is 2.26. The fraction of sp³-hybridized carbons (Fsp3) is 0.357. The number of benzene rings is 1. The number of aromatic nitrogens is 1. The van der Waals surface area contributed by atoms with Crippen LogP contribution >= 0.6 is 0 Å². The lowest BCUT2D eigenvalue weighted by molar-refractivity contribution is 0.0342. The zero-order chi connectivity index (χ0) is 13.1. The largest absolute Gasteiger partial charge is 0.381 e. The van der Waals surface area contributed by atoms with E-state index in [1.165, 1.54) is 5.56 Å². The summed E-state index contributed by atoms with van der Waals surface area (Å²) in [5.74, 6) is 1.14. The van der Waals surface area contributed by atoms with Crippen LogP contribution in [0, 0.1) is 0 Å². The van der Waals surface area contributed by atoms with E-state index >= 15 is 0 Å². The lowest BCUT2D eigenvalue weighted by Crippen LogP contribution is -2.35. The average molecular weight is 259 g/mol. The Balaban J connectivity index is 1.84. The van der Waals surface area contributed by atoms with E-state index < -0.39 is 0 Å². The molecule has 19 heavy (non-hydrogen) atoms. The van der Waals surface area contributed by atoms with Crippen LogP contribution in [0.2, 0.25) is 0 Å². The number of anilines is 1. The van der Waals surface area contributed by atoms with Crippen molar-refractivity contribution < 1.29 is 9.26 Å². The molecule has 1 aromatic carbocycles. The molecule has 0 saturated carbocycles. The predicted molar refractivity (Wildman–Crippen MR) is 72.4 cm³/mol. The summed E-state index contributed by atoms with van der Waals surface area (Å²) in [4.78, 5) is 2.38. The van der Waals surface area contributed by atoms with Crippen LogP contribution in [0.5, 0.6) is 0 Å². The standard InChI is InChI=1S/C14H17N3O2/c15-14-9-13(19-16-14)12-4-2-1-3-11(12)10-17-5-7-18-8-6-17/h1-4,9H,5-8,10H2,(H2,15,16). The third-order valence-electron chi connectivity index (χ3n) is 3.31. The van der Waals surface area contributed by atoms with Crippen molar-refractivity contribution in [2.45, 2.75) is 6.54 Å². The molecule has 0 spiro atoms. The van der Waals surface area contributed by atoms with Crippen LogP contribution in [0.4, 0.5) is 5.82 Å². The molecule has 100 valence electrons. The number of nitrogens with two attached hydrogens (primary N) is 1. The maximum absolute atomic E-state index is 5.62. The molecule has 2 aromatic rings. The predicted octanol–water partition coefficient (Wildman–Crippen LogP) is 1.76. The van der Waals surface area contributed by atoms with Gasteiger partial charge in [-0.05, 0) is 5.56 Å². The summed E-state index contributed by atoms with van der Waals surface area (Å²) in [6.07, 6.45) is 0. The number of hydrogen-bond acceptors (Lipinski definition) is 5. The van der Waals surface area contributed by atoms with Gasteiger partial charge in [-0.25, -0.2) is 0 Å². The number of ether oxygens (including phenoxy) is 1. The Bertz CT molecular complexity index is 547. The molecule has 0 atom stereocenters. The summed E-state index contributed by atoms with van der Waals surface area (Å²) in [6, 6.07) is 9.95. The van der Waals surface area contributed by atoms with Gasteiger partial charge in [0.05, 0.1) is 13.2 Å². The van der Waals surface area contributed by atoms with E-state index in [1.54, 1.807) is 6.07 Å². The van der Waals surface area contributed by atoms with Gasteiger partial charge >= 0.3 is 0 Å². The summed E-state index contributed by atoms with van der Waals surface area (Å²) in [7, 11) is 0. The normalized spacial score (nSPS) is 16.6. The Morgan fingerprint density at radius 2 is 2.00 bits per heavy atom. The van der Waals surface area contributed by atoms with Crippen molar-refractivity contribution in [2.75, 3.05) is 32.0 Å². The highest BCUT2D eigenvalue weighted by atomic mass is 16.5. The average Bonchev–Trinajstić information content (AvgIpc) is 2.87. The van der Waals surface area contributed by atoms with Crippen LogP contribution in [0.3, 0.4) is 0 Å². The number of nitrogens with zero attached hydrogens (tertiary/aromatic N) is 2. The minimum atomic E-state index is 0.413. The van der Waals surface area contributed by atoms with Gasteiger partial charge in [0.1, 0.15) is 0 Å². The number of rotatable bonds is 3. The zero-order valence-electron chi connectivity index (χ0n) is 10.7. The van der Waals surface area contributed by atoms with E-state index in [1.807, 2.05) is 18.2 Å². The van der Waals surface area contributed by atoms with E-state index in [0.29, 0.717) is 5.82 Å². The molecule has 1 aromatic heterocycles.